The summed E-state index contributed by atoms with van der Waals surface area (Å²) < 4.78 is 0. The molecule has 0 aliphatic rings. The van der Waals surface area contributed by atoms with Gasteiger partial charge in [0.1, 0.15) is 0 Å². The van der Waals surface area contributed by atoms with Gasteiger partial charge in [-0.2, -0.15) is 0 Å². The van der Waals surface area contributed by atoms with Gasteiger partial charge in [-0.3, -0.25) is 19.8 Å². The van der Waals surface area contributed by atoms with Crippen LogP contribution in [0.4, 0.5) is 10.8 Å². The van der Waals surface area contributed by atoms with Crippen molar-refractivity contribution in [1.29, 1.82) is 0 Å². The van der Waals surface area contributed by atoms with E-state index in [1.807, 2.05) is 66.0 Å². The van der Waals surface area contributed by atoms with Crippen molar-refractivity contribution in [3.05, 3.63) is 111 Å². The van der Waals surface area contributed by atoms with E-state index in [-0.39, 0.29) is 11.6 Å². The van der Waals surface area contributed by atoms with E-state index in [1.165, 1.54) is 17.4 Å². The normalized spacial score (nSPS) is 10.7. The molecular formula is C25H21N3O3S. The first kappa shape index (κ1) is 21.4. The molecule has 0 saturated carbocycles. The van der Waals surface area contributed by atoms with E-state index in [0.29, 0.717) is 29.2 Å². The van der Waals surface area contributed by atoms with Gasteiger partial charge in [-0.25, -0.2) is 4.98 Å². The van der Waals surface area contributed by atoms with Crippen LogP contribution in [0.1, 0.15) is 21.5 Å². The fourth-order valence-corrected chi connectivity index (χ4v) is 4.36. The number of nitro benzene ring substituents is 1. The van der Waals surface area contributed by atoms with E-state index < -0.39 is 4.92 Å². The molecule has 0 radical (unpaired) electrons. The Morgan fingerprint density at radius 1 is 1.00 bits per heavy atom. The number of thiazole rings is 1. The van der Waals surface area contributed by atoms with Gasteiger partial charge in [0.05, 0.1) is 10.6 Å². The van der Waals surface area contributed by atoms with Gasteiger partial charge in [-0.1, -0.05) is 66.7 Å². The van der Waals surface area contributed by atoms with Crippen molar-refractivity contribution in [3.8, 4) is 11.3 Å². The van der Waals surface area contributed by atoms with Crippen LogP contribution in [0.5, 0.6) is 0 Å². The Kier molecular flexibility index (Phi) is 6.37. The van der Waals surface area contributed by atoms with Gasteiger partial charge in [0.2, 0.25) is 0 Å². The lowest BCUT2D eigenvalue weighted by atomic mass is 10.1. The van der Waals surface area contributed by atoms with Crippen LogP contribution < -0.4 is 4.90 Å². The molecule has 3 aromatic carbocycles. The standard InChI is InChI=1S/C25H21N3O3S/c1-18-21(13-8-14-23(18)28(30)31)24(29)27(16-15-19-9-4-2-5-10-19)25-26-22(17-32-25)20-11-6-3-7-12-20/h2-14,17H,15-16H2,1H3. The van der Waals surface area contributed by atoms with Crippen molar-refractivity contribution in [2.45, 2.75) is 13.3 Å². The van der Waals surface area contributed by atoms with Crippen LogP contribution in [0.25, 0.3) is 11.3 Å². The monoisotopic (exact) mass is 443 g/mol. The van der Waals surface area contributed by atoms with Crippen molar-refractivity contribution >= 4 is 28.1 Å². The van der Waals surface area contributed by atoms with Crippen molar-refractivity contribution in [2.24, 2.45) is 0 Å². The van der Waals surface area contributed by atoms with Gasteiger partial charge >= 0.3 is 0 Å². The third-order valence-corrected chi connectivity index (χ3v) is 6.10. The highest BCUT2D eigenvalue weighted by atomic mass is 32.1. The largest absolute Gasteiger partial charge is 0.284 e. The van der Waals surface area contributed by atoms with Crippen molar-refractivity contribution < 1.29 is 9.72 Å². The topological polar surface area (TPSA) is 76.3 Å². The first-order chi connectivity index (χ1) is 15.5. The van der Waals surface area contributed by atoms with Crippen LogP contribution in [0.15, 0.2) is 84.2 Å². The lowest BCUT2D eigenvalue weighted by molar-refractivity contribution is -0.385. The molecule has 0 aliphatic heterocycles. The molecule has 0 spiro atoms. The second-order valence-electron chi connectivity index (χ2n) is 7.28. The summed E-state index contributed by atoms with van der Waals surface area (Å²) in [5.41, 5.74) is 3.45. The molecule has 0 bridgehead atoms. The van der Waals surface area contributed by atoms with Crippen molar-refractivity contribution in [3.63, 3.8) is 0 Å². The predicted octanol–water partition coefficient (Wildman–Crippen LogP) is 5.92. The molecule has 0 atom stereocenters. The number of aromatic nitrogens is 1. The van der Waals surface area contributed by atoms with Gasteiger partial charge < -0.3 is 0 Å². The Morgan fingerprint density at radius 3 is 2.38 bits per heavy atom. The lowest BCUT2D eigenvalue weighted by Gasteiger charge is -2.21. The molecule has 4 aromatic rings. The predicted molar refractivity (Wildman–Crippen MR) is 127 cm³/mol. The number of hydrogen-bond donors (Lipinski definition) is 0. The van der Waals surface area contributed by atoms with Crippen LogP contribution in [-0.2, 0) is 6.42 Å². The van der Waals surface area contributed by atoms with Crippen LogP contribution in [0, 0.1) is 17.0 Å². The first-order valence-electron chi connectivity index (χ1n) is 10.2. The minimum atomic E-state index is -0.461. The molecule has 4 rings (SSSR count). The minimum Gasteiger partial charge on any atom is -0.284 e. The SMILES string of the molecule is Cc1c(C(=O)N(CCc2ccccc2)c2nc(-c3ccccc3)cs2)cccc1[N+](=O)[O-]. The van der Waals surface area contributed by atoms with Crippen LogP contribution >= 0.6 is 11.3 Å². The summed E-state index contributed by atoms with van der Waals surface area (Å²) in [7, 11) is 0. The second kappa shape index (κ2) is 9.53. The quantitative estimate of drug-likeness (QED) is 0.263. The third-order valence-electron chi connectivity index (χ3n) is 5.24. The molecule has 160 valence electrons. The Hall–Kier alpha value is -3.84. The number of benzene rings is 3. The maximum absolute atomic E-state index is 13.6. The summed E-state index contributed by atoms with van der Waals surface area (Å²) >= 11 is 1.39. The van der Waals surface area contributed by atoms with Crippen LogP contribution in [0.2, 0.25) is 0 Å². The number of carbonyl (C=O) groups is 1. The summed E-state index contributed by atoms with van der Waals surface area (Å²) in [5, 5.41) is 13.9. The smallest absolute Gasteiger partial charge is 0.273 e. The number of anilines is 1. The molecule has 0 N–H and O–H groups in total. The third kappa shape index (κ3) is 4.58. The Balaban J connectivity index is 1.70. The zero-order valence-electron chi connectivity index (χ0n) is 17.5. The number of carbonyl (C=O) groups excluding carboxylic acids is 1. The van der Waals surface area contributed by atoms with E-state index in [4.69, 9.17) is 4.98 Å². The van der Waals surface area contributed by atoms with Gasteiger partial charge in [0, 0.05) is 34.7 Å². The van der Waals surface area contributed by atoms with E-state index in [9.17, 15) is 14.9 Å². The molecule has 0 aliphatic carbocycles. The van der Waals surface area contributed by atoms with E-state index >= 15 is 0 Å². The zero-order chi connectivity index (χ0) is 22.5. The summed E-state index contributed by atoms with van der Waals surface area (Å²) in [5.74, 6) is -0.295. The highest BCUT2D eigenvalue weighted by Gasteiger charge is 2.25. The maximum atomic E-state index is 13.6. The number of nitrogens with zero attached hydrogens (tertiary/aromatic N) is 3. The minimum absolute atomic E-state index is 0.0667. The number of nitro groups is 1. The zero-order valence-corrected chi connectivity index (χ0v) is 18.3. The molecular weight excluding hydrogens is 422 g/mol. The number of rotatable bonds is 7. The summed E-state index contributed by atoms with van der Waals surface area (Å²) in [6.07, 6.45) is 0.640. The van der Waals surface area contributed by atoms with Crippen molar-refractivity contribution in [1.82, 2.24) is 4.98 Å². The summed E-state index contributed by atoms with van der Waals surface area (Å²) in [6.45, 7) is 2.02. The Morgan fingerprint density at radius 2 is 1.69 bits per heavy atom. The average molecular weight is 444 g/mol. The lowest BCUT2D eigenvalue weighted by Crippen LogP contribution is -2.33. The van der Waals surface area contributed by atoms with Crippen LogP contribution in [-0.4, -0.2) is 22.4 Å². The first-order valence-corrected chi connectivity index (χ1v) is 11.0. The van der Waals surface area contributed by atoms with Crippen LogP contribution in [0.3, 0.4) is 0 Å². The Labute approximate surface area is 189 Å². The van der Waals surface area contributed by atoms with Gasteiger partial charge in [-0.05, 0) is 25.0 Å². The second-order valence-corrected chi connectivity index (χ2v) is 8.12. The fraction of sp³-hybridized carbons (Fsp3) is 0.120. The highest BCUT2D eigenvalue weighted by Crippen LogP contribution is 2.30. The molecule has 0 unspecified atom stereocenters. The van der Waals surface area contributed by atoms with Gasteiger partial charge in [0.15, 0.2) is 5.13 Å². The molecule has 7 heteroatoms. The molecule has 0 saturated heterocycles. The molecule has 1 heterocycles. The number of hydrogen-bond acceptors (Lipinski definition) is 5. The summed E-state index contributed by atoms with van der Waals surface area (Å²) in [6, 6.07) is 24.3. The van der Waals surface area contributed by atoms with Gasteiger partial charge in [0.25, 0.3) is 11.6 Å². The van der Waals surface area contributed by atoms with E-state index in [1.54, 1.807) is 24.0 Å². The van der Waals surface area contributed by atoms with E-state index in [0.717, 1.165) is 16.8 Å². The molecule has 1 aromatic heterocycles. The molecule has 6 nitrogen and oxygen atoms in total. The fourth-order valence-electron chi connectivity index (χ4n) is 3.50. The van der Waals surface area contributed by atoms with E-state index in [2.05, 4.69) is 0 Å². The summed E-state index contributed by atoms with van der Waals surface area (Å²) in [4.78, 5) is 30.8. The molecule has 1 amide bonds. The molecule has 0 fully saturated rings. The molecule has 32 heavy (non-hydrogen) atoms. The highest BCUT2D eigenvalue weighted by molar-refractivity contribution is 7.14. The average Bonchev–Trinajstić information content (AvgIpc) is 3.30. The maximum Gasteiger partial charge on any atom is 0.273 e. The Bertz CT molecular complexity index is 1240. The van der Waals surface area contributed by atoms with Crippen molar-refractivity contribution in [2.75, 3.05) is 11.4 Å². The number of amides is 1. The van der Waals surface area contributed by atoms with Gasteiger partial charge in [-0.15, -0.1) is 11.3 Å².